The minimum atomic E-state index is -0.177. The molecule has 0 unspecified atom stereocenters. The molecule has 1 amide bonds. The summed E-state index contributed by atoms with van der Waals surface area (Å²) in [5.41, 5.74) is 1.09. The van der Waals surface area contributed by atoms with Gasteiger partial charge in [-0.05, 0) is 24.3 Å². The van der Waals surface area contributed by atoms with E-state index in [1.165, 1.54) is 33.6 Å². The van der Waals surface area contributed by atoms with Gasteiger partial charge >= 0.3 is 0 Å². The summed E-state index contributed by atoms with van der Waals surface area (Å²) in [6, 6.07) is 15.8. The molecule has 30 heavy (non-hydrogen) atoms. The number of aromatic nitrogens is 2. The maximum absolute atomic E-state index is 12.4. The second-order valence-corrected chi connectivity index (χ2v) is 8.48. The standard InChI is InChI=1S/C21H16ClN3O3S2/c22-15-5-1-3-7-17(15)28-18-8-4-2-6-16(18)24-19(26)13-29-12-14-11-20(27)25-9-10-30-21(25)23-14/h1-11H,12-13H2,(H,24,26). The molecular weight excluding hydrogens is 442 g/mol. The van der Waals surface area contributed by atoms with E-state index >= 15 is 0 Å². The quantitative estimate of drug-likeness (QED) is 0.419. The number of ether oxygens (including phenoxy) is 1. The Morgan fingerprint density at radius 1 is 1.17 bits per heavy atom. The summed E-state index contributed by atoms with van der Waals surface area (Å²) in [5.74, 6) is 1.52. The molecule has 0 aliphatic carbocycles. The van der Waals surface area contributed by atoms with E-state index in [-0.39, 0.29) is 17.2 Å². The fourth-order valence-electron chi connectivity index (χ4n) is 2.70. The number of para-hydroxylation sites is 3. The van der Waals surface area contributed by atoms with Crippen molar-refractivity contribution in [1.29, 1.82) is 0 Å². The van der Waals surface area contributed by atoms with Crippen molar-refractivity contribution in [1.82, 2.24) is 9.38 Å². The van der Waals surface area contributed by atoms with Crippen LogP contribution in [0.4, 0.5) is 5.69 Å². The number of carbonyl (C=O) groups is 1. The summed E-state index contributed by atoms with van der Waals surface area (Å²) in [7, 11) is 0. The topological polar surface area (TPSA) is 72.7 Å². The molecule has 0 spiro atoms. The fraction of sp³-hybridized carbons (Fsp3) is 0.0952. The highest BCUT2D eigenvalue weighted by molar-refractivity contribution is 7.99. The zero-order valence-corrected chi connectivity index (χ0v) is 18.0. The highest BCUT2D eigenvalue weighted by Crippen LogP contribution is 2.33. The van der Waals surface area contributed by atoms with E-state index in [1.807, 2.05) is 29.6 Å². The van der Waals surface area contributed by atoms with Crippen LogP contribution in [0.5, 0.6) is 11.5 Å². The smallest absolute Gasteiger partial charge is 0.258 e. The average molecular weight is 458 g/mol. The van der Waals surface area contributed by atoms with E-state index in [9.17, 15) is 9.59 Å². The zero-order chi connectivity index (χ0) is 20.9. The molecule has 6 nitrogen and oxygen atoms in total. The minimum Gasteiger partial charge on any atom is -0.454 e. The highest BCUT2D eigenvalue weighted by atomic mass is 35.5. The van der Waals surface area contributed by atoms with E-state index < -0.39 is 0 Å². The third kappa shape index (κ3) is 4.84. The number of amides is 1. The molecule has 4 aromatic rings. The highest BCUT2D eigenvalue weighted by Gasteiger charge is 2.11. The van der Waals surface area contributed by atoms with Crippen molar-refractivity contribution in [2.45, 2.75) is 5.75 Å². The van der Waals surface area contributed by atoms with Crippen molar-refractivity contribution in [2.75, 3.05) is 11.1 Å². The second kappa shape index (κ2) is 9.34. The fourth-order valence-corrected chi connectivity index (χ4v) is 4.33. The summed E-state index contributed by atoms with van der Waals surface area (Å²) in [6.45, 7) is 0. The van der Waals surface area contributed by atoms with E-state index in [0.29, 0.717) is 38.6 Å². The van der Waals surface area contributed by atoms with Gasteiger partial charge in [0.25, 0.3) is 5.56 Å². The van der Waals surface area contributed by atoms with E-state index in [4.69, 9.17) is 16.3 Å². The van der Waals surface area contributed by atoms with Gasteiger partial charge in [0.2, 0.25) is 5.91 Å². The number of fused-ring (bicyclic) bond motifs is 1. The molecular formula is C21H16ClN3O3S2. The van der Waals surface area contributed by atoms with Gasteiger partial charge in [-0.25, -0.2) is 4.98 Å². The van der Waals surface area contributed by atoms with Gasteiger partial charge in [0, 0.05) is 23.4 Å². The Kier molecular flexibility index (Phi) is 6.37. The summed E-state index contributed by atoms with van der Waals surface area (Å²) in [4.78, 5) is 29.5. The van der Waals surface area contributed by atoms with Crippen LogP contribution in [0.25, 0.3) is 4.96 Å². The number of hydrogen-bond donors (Lipinski definition) is 1. The van der Waals surface area contributed by atoms with Crippen LogP contribution in [-0.4, -0.2) is 21.0 Å². The molecule has 4 rings (SSSR count). The van der Waals surface area contributed by atoms with Crippen LogP contribution in [-0.2, 0) is 10.5 Å². The Morgan fingerprint density at radius 3 is 2.77 bits per heavy atom. The zero-order valence-electron chi connectivity index (χ0n) is 15.6. The first kappa shape index (κ1) is 20.5. The van der Waals surface area contributed by atoms with Crippen molar-refractivity contribution in [3.8, 4) is 11.5 Å². The number of anilines is 1. The summed E-state index contributed by atoms with van der Waals surface area (Å²) in [5, 5.41) is 5.16. The monoisotopic (exact) mass is 457 g/mol. The number of nitrogens with zero attached hydrogens (tertiary/aromatic N) is 2. The van der Waals surface area contributed by atoms with Gasteiger partial charge in [0.1, 0.15) is 5.75 Å². The Hall–Kier alpha value is -2.81. The Bertz CT molecular complexity index is 1260. The lowest BCUT2D eigenvalue weighted by molar-refractivity contribution is -0.113. The molecule has 0 atom stereocenters. The van der Waals surface area contributed by atoms with Crippen LogP contribution >= 0.6 is 34.7 Å². The number of rotatable bonds is 7. The van der Waals surface area contributed by atoms with Crippen LogP contribution in [0.3, 0.4) is 0 Å². The Balaban J connectivity index is 1.37. The molecule has 2 heterocycles. The largest absolute Gasteiger partial charge is 0.454 e. The van der Waals surface area contributed by atoms with E-state index in [0.717, 1.165) is 0 Å². The predicted molar refractivity (Wildman–Crippen MR) is 122 cm³/mol. The van der Waals surface area contributed by atoms with E-state index in [2.05, 4.69) is 10.3 Å². The van der Waals surface area contributed by atoms with Crippen LogP contribution in [0.2, 0.25) is 5.02 Å². The number of hydrogen-bond acceptors (Lipinski definition) is 6. The Morgan fingerprint density at radius 2 is 1.93 bits per heavy atom. The lowest BCUT2D eigenvalue weighted by Crippen LogP contribution is -2.15. The normalized spacial score (nSPS) is 10.8. The van der Waals surface area contributed by atoms with Gasteiger partial charge in [0.05, 0.1) is 22.2 Å². The van der Waals surface area contributed by atoms with Gasteiger partial charge in [-0.2, -0.15) is 0 Å². The maximum Gasteiger partial charge on any atom is 0.258 e. The van der Waals surface area contributed by atoms with Crippen LogP contribution in [0.15, 0.2) is 71.0 Å². The van der Waals surface area contributed by atoms with Gasteiger partial charge < -0.3 is 10.1 Å². The number of thiazole rings is 1. The maximum atomic E-state index is 12.4. The lowest BCUT2D eigenvalue weighted by Gasteiger charge is -2.13. The van der Waals surface area contributed by atoms with Gasteiger partial charge in [-0.15, -0.1) is 23.1 Å². The molecule has 2 aromatic carbocycles. The number of carbonyl (C=O) groups excluding carboxylic acids is 1. The van der Waals surface area contributed by atoms with Crippen LogP contribution in [0.1, 0.15) is 5.69 Å². The SMILES string of the molecule is O=C(CSCc1cc(=O)n2ccsc2n1)Nc1ccccc1Oc1ccccc1Cl. The summed E-state index contributed by atoms with van der Waals surface area (Å²) in [6.07, 6.45) is 1.70. The first-order chi connectivity index (χ1) is 14.6. The van der Waals surface area contributed by atoms with Gasteiger partial charge in [-0.3, -0.25) is 14.0 Å². The van der Waals surface area contributed by atoms with E-state index in [1.54, 1.807) is 30.5 Å². The third-order valence-corrected chi connectivity index (χ3v) is 6.09. The molecule has 9 heteroatoms. The van der Waals surface area contributed by atoms with Crippen molar-refractivity contribution in [3.05, 3.63) is 87.2 Å². The molecule has 0 saturated carbocycles. The van der Waals surface area contributed by atoms with Crippen molar-refractivity contribution >= 4 is 51.3 Å². The van der Waals surface area contributed by atoms with Crippen molar-refractivity contribution < 1.29 is 9.53 Å². The Labute approximate surface area is 185 Å². The number of thioether (sulfide) groups is 1. The molecule has 1 N–H and O–H groups in total. The molecule has 0 aliphatic rings. The molecule has 2 aromatic heterocycles. The van der Waals surface area contributed by atoms with Crippen molar-refractivity contribution in [2.24, 2.45) is 0 Å². The van der Waals surface area contributed by atoms with Crippen LogP contribution < -0.4 is 15.6 Å². The summed E-state index contributed by atoms with van der Waals surface area (Å²) >= 11 is 8.94. The molecule has 0 fully saturated rings. The number of benzene rings is 2. The lowest BCUT2D eigenvalue weighted by atomic mass is 10.3. The minimum absolute atomic E-state index is 0.119. The average Bonchev–Trinajstić information content (AvgIpc) is 3.20. The predicted octanol–water partition coefficient (Wildman–Crippen LogP) is 5.07. The molecule has 0 bridgehead atoms. The first-order valence-corrected chi connectivity index (χ1v) is 11.4. The van der Waals surface area contributed by atoms with Crippen LogP contribution in [0, 0.1) is 0 Å². The third-order valence-electron chi connectivity index (χ3n) is 4.06. The van der Waals surface area contributed by atoms with Crippen molar-refractivity contribution in [3.63, 3.8) is 0 Å². The molecule has 152 valence electrons. The molecule has 0 aliphatic heterocycles. The number of halogens is 1. The molecule has 0 radical (unpaired) electrons. The summed E-state index contributed by atoms with van der Waals surface area (Å²) < 4.78 is 7.36. The number of nitrogens with one attached hydrogen (secondary N) is 1. The second-order valence-electron chi connectivity index (χ2n) is 6.21. The molecule has 0 saturated heterocycles. The van der Waals surface area contributed by atoms with Gasteiger partial charge in [0.15, 0.2) is 10.7 Å². The first-order valence-electron chi connectivity index (χ1n) is 8.95. The van der Waals surface area contributed by atoms with Gasteiger partial charge in [-0.1, -0.05) is 35.9 Å².